The van der Waals surface area contributed by atoms with Crippen molar-refractivity contribution in [3.63, 3.8) is 0 Å². The Labute approximate surface area is 218 Å². The van der Waals surface area contributed by atoms with Gasteiger partial charge in [0.25, 0.3) is 3.82 Å². The highest BCUT2D eigenvalue weighted by Gasteiger charge is 2.77. The maximum Gasteiger partial charge on any atom is 0.380 e. The van der Waals surface area contributed by atoms with Crippen molar-refractivity contribution in [1.82, 2.24) is 0 Å². The smallest absolute Gasteiger partial charge is 0.319 e. The Kier molecular flexibility index (Phi) is 11.8. The van der Waals surface area contributed by atoms with Crippen molar-refractivity contribution < 1.29 is 88.4 Å². The summed E-state index contributed by atoms with van der Waals surface area (Å²) >= 11 is 11.0. The van der Waals surface area contributed by atoms with Crippen molar-refractivity contribution in [2.24, 2.45) is 0 Å². The molecule has 0 aromatic heterocycles. The molecule has 0 radical (unpaired) electrons. The maximum atomic E-state index is 13.8. The Balaban J connectivity index is 6.28. The Hall–Kier alpha value is -0.160. The van der Waals surface area contributed by atoms with Gasteiger partial charge in [0.2, 0.25) is 14.7 Å². The van der Waals surface area contributed by atoms with Crippen LogP contribution in [0.15, 0.2) is 0 Å². The van der Waals surface area contributed by atoms with Crippen LogP contribution in [-0.2, 0) is 18.2 Å². The first-order valence-corrected chi connectivity index (χ1v) is 14.0. The molecule has 0 aliphatic rings. The summed E-state index contributed by atoms with van der Waals surface area (Å²) in [4.78, 5) is 0. The van der Waals surface area contributed by atoms with Crippen LogP contribution in [0.1, 0.15) is 13.8 Å². The van der Waals surface area contributed by atoms with E-state index in [9.17, 15) is 79.4 Å². The normalized spacial score (nSPS) is 18.4. The molecule has 24 heteroatoms. The van der Waals surface area contributed by atoms with Crippen LogP contribution in [0, 0.1) is 0 Å². The van der Waals surface area contributed by atoms with E-state index < -0.39 is 92.5 Å². The second-order valence-corrected chi connectivity index (χ2v) is 16.0. The fourth-order valence-corrected chi connectivity index (χ4v) is 9.51. The monoisotopic (exact) mass is 696 g/mol. The number of hydrogen-bond donors (Lipinski definition) is 0. The van der Waals surface area contributed by atoms with Gasteiger partial charge in [-0.1, -0.05) is 37.0 Å². The molecule has 2 unspecified atom stereocenters. The first kappa shape index (κ1) is 38.8. The van der Waals surface area contributed by atoms with Gasteiger partial charge in [0, 0.05) is 12.3 Å². The summed E-state index contributed by atoms with van der Waals surface area (Å²) in [5.74, 6) is -39.9. The lowest BCUT2D eigenvalue weighted by atomic mass is 10.1. The molecule has 0 N–H and O–H groups in total. The molecule has 0 aliphatic carbocycles. The predicted octanol–water partition coefficient (Wildman–Crippen LogP) is 9.05. The summed E-state index contributed by atoms with van der Waals surface area (Å²) in [5.41, 5.74) is 0. The minimum Gasteiger partial charge on any atom is -0.319 e. The molecule has 4 nitrogen and oxygen atoms in total. The molecule has 0 aliphatic heterocycles. The quantitative estimate of drug-likeness (QED) is 0.0919. The molecule has 0 rings (SSSR count). The Morgan fingerprint density at radius 1 is 0.590 bits per heavy atom. The first-order chi connectivity index (χ1) is 16.9. The molecule has 0 fully saturated rings. The highest BCUT2D eigenvalue weighted by atomic mass is 35.5. The Morgan fingerprint density at radius 2 is 0.821 bits per heavy atom. The van der Waals surface area contributed by atoms with E-state index in [4.69, 9.17) is 23.2 Å². The number of hydrogen-bond acceptors (Lipinski definition) is 4. The third-order valence-corrected chi connectivity index (χ3v) is 14.2. The fraction of sp³-hybridized carbons (Fsp3) is 1.00. The van der Waals surface area contributed by atoms with Gasteiger partial charge in [-0.15, -0.1) is 0 Å². The second-order valence-electron chi connectivity index (χ2n) is 7.44. The van der Waals surface area contributed by atoms with E-state index >= 15 is 0 Å². The van der Waals surface area contributed by atoms with Crippen molar-refractivity contribution in [2.75, 3.05) is 25.5 Å². The highest BCUT2D eigenvalue weighted by molar-refractivity contribution is 7.84. The summed E-state index contributed by atoms with van der Waals surface area (Å²) < 4.78 is 239. The van der Waals surface area contributed by atoms with Crippen LogP contribution < -0.4 is 0 Å². The van der Waals surface area contributed by atoms with Crippen molar-refractivity contribution in [1.29, 1.82) is 0 Å². The third-order valence-electron chi connectivity index (χ3n) is 4.87. The van der Waals surface area contributed by atoms with E-state index in [2.05, 4.69) is 9.05 Å². The second kappa shape index (κ2) is 11.8. The highest BCUT2D eigenvalue weighted by Crippen LogP contribution is 2.81. The van der Waals surface area contributed by atoms with E-state index in [-0.39, 0.29) is 0 Å². The summed E-state index contributed by atoms with van der Waals surface area (Å²) in [5, 5.41) is 0. The molecule has 39 heavy (non-hydrogen) atoms. The van der Waals surface area contributed by atoms with Crippen LogP contribution in [-0.4, -0.2) is 77.7 Å². The van der Waals surface area contributed by atoms with Gasteiger partial charge in [-0.2, -0.15) is 52.7 Å². The first-order valence-electron chi connectivity index (χ1n) is 9.60. The largest absolute Gasteiger partial charge is 0.380 e. The molecule has 2 atom stereocenters. The van der Waals surface area contributed by atoms with E-state index in [1.54, 1.807) is 0 Å². The predicted molar refractivity (Wildman–Crippen MR) is 104 cm³/mol. The van der Waals surface area contributed by atoms with E-state index in [0.717, 1.165) is 0 Å². The van der Waals surface area contributed by atoms with Crippen molar-refractivity contribution >= 4 is 37.9 Å². The summed E-state index contributed by atoms with van der Waals surface area (Å²) in [6.07, 6.45) is -13.6. The summed E-state index contributed by atoms with van der Waals surface area (Å²) in [7, 11) is -11.5. The summed E-state index contributed by atoms with van der Waals surface area (Å²) in [6.45, 7) is -5.19. The number of rotatable bonds is 16. The molecular formula is C15H16Cl2F16O4P2. The molecule has 0 saturated carbocycles. The minimum atomic E-state index is -6.91. The average molecular weight is 697 g/mol. The van der Waals surface area contributed by atoms with E-state index in [1.807, 2.05) is 0 Å². The molecular weight excluding hydrogens is 681 g/mol. The van der Waals surface area contributed by atoms with Crippen LogP contribution in [0.25, 0.3) is 0 Å². The zero-order valence-electron chi connectivity index (χ0n) is 18.8. The van der Waals surface area contributed by atoms with Gasteiger partial charge in [0.1, 0.15) is 13.2 Å². The average Bonchev–Trinajstić information content (AvgIpc) is 2.79. The molecule has 0 spiro atoms. The van der Waals surface area contributed by atoms with E-state index in [0.29, 0.717) is 13.8 Å². The third kappa shape index (κ3) is 6.60. The van der Waals surface area contributed by atoms with Crippen LogP contribution in [0.5, 0.6) is 0 Å². The van der Waals surface area contributed by atoms with Gasteiger partial charge in [0.15, 0.2) is 0 Å². The zero-order chi connectivity index (χ0) is 31.9. The zero-order valence-corrected chi connectivity index (χ0v) is 22.1. The van der Waals surface area contributed by atoms with E-state index in [1.165, 1.54) is 0 Å². The van der Waals surface area contributed by atoms with Gasteiger partial charge in [-0.3, -0.25) is 9.13 Å². The van der Waals surface area contributed by atoms with Crippen molar-refractivity contribution in [2.45, 2.75) is 66.0 Å². The van der Waals surface area contributed by atoms with Crippen LogP contribution in [0.3, 0.4) is 0 Å². The van der Waals surface area contributed by atoms with Gasteiger partial charge >= 0.3 is 48.4 Å². The lowest BCUT2D eigenvalue weighted by molar-refractivity contribution is -0.342. The number of alkyl halides is 18. The Morgan fingerprint density at radius 3 is 1.00 bits per heavy atom. The molecule has 0 aromatic rings. The molecule has 236 valence electrons. The fourth-order valence-electron chi connectivity index (χ4n) is 2.26. The van der Waals surface area contributed by atoms with Gasteiger partial charge in [-0.05, 0) is 0 Å². The maximum absolute atomic E-state index is 13.8. The Bertz CT molecular complexity index is 875. The standard InChI is InChI=1S/C15H16Cl2F16O4P2/c1-3-38(34,36-5-9(22,23)13(30,31)11(26,27)7(18)19)15(16,17)39(35,4-2)37-6-10(24,25)14(32,33)12(28,29)8(20)21/h7-8H,3-6H2,1-2H3. The van der Waals surface area contributed by atoms with Crippen molar-refractivity contribution in [3.8, 4) is 0 Å². The van der Waals surface area contributed by atoms with Crippen molar-refractivity contribution in [3.05, 3.63) is 0 Å². The molecule has 0 aromatic carbocycles. The van der Waals surface area contributed by atoms with Crippen LogP contribution in [0.4, 0.5) is 70.2 Å². The summed E-state index contributed by atoms with van der Waals surface area (Å²) in [6, 6.07) is 0. The SMILES string of the molecule is CCP(=O)(OCC(F)(F)C(F)(F)C(F)(F)C(F)F)C(Cl)(Cl)P(=O)(CC)OCC(F)(F)C(F)(F)C(F)(F)C(F)F. The lowest BCUT2D eigenvalue weighted by Gasteiger charge is -2.38. The van der Waals surface area contributed by atoms with Gasteiger partial charge in [-0.25, -0.2) is 17.6 Å². The van der Waals surface area contributed by atoms with Gasteiger partial charge < -0.3 is 9.05 Å². The topological polar surface area (TPSA) is 52.6 Å². The molecule has 0 bridgehead atoms. The van der Waals surface area contributed by atoms with Crippen LogP contribution >= 0.6 is 37.9 Å². The molecule has 0 amide bonds. The van der Waals surface area contributed by atoms with Crippen LogP contribution in [0.2, 0.25) is 0 Å². The molecule has 0 heterocycles. The van der Waals surface area contributed by atoms with Gasteiger partial charge in [0.05, 0.1) is 0 Å². The lowest BCUT2D eigenvalue weighted by Crippen LogP contribution is -2.59. The number of halogens is 18. The molecule has 0 saturated heterocycles. The minimum absolute atomic E-state index is 0.580.